The molecular weight excluding hydrogens is 481 g/mol. The highest BCUT2D eigenvalue weighted by Crippen LogP contribution is 2.34. The molecule has 0 radical (unpaired) electrons. The third-order valence-electron chi connectivity index (χ3n) is 5.73. The van der Waals surface area contributed by atoms with E-state index in [1.54, 1.807) is 28.4 Å². The summed E-state index contributed by atoms with van der Waals surface area (Å²) in [5, 5.41) is 0.749. The molecule has 0 amide bonds. The number of nitrogens with two attached hydrogens (primary N) is 1. The normalized spacial score (nSPS) is 13.6. The number of nitrogen functional groups attached to an aromatic ring is 1. The molecule has 2 aromatic carbocycles. The van der Waals surface area contributed by atoms with Gasteiger partial charge in [-0.1, -0.05) is 6.07 Å². The second-order valence-corrected chi connectivity index (χ2v) is 7.59. The van der Waals surface area contributed by atoms with Crippen molar-refractivity contribution in [3.8, 4) is 23.0 Å². The van der Waals surface area contributed by atoms with Gasteiger partial charge in [0.15, 0.2) is 23.0 Å². The lowest BCUT2D eigenvalue weighted by Gasteiger charge is -2.35. The zero-order valence-electron chi connectivity index (χ0n) is 19.7. The Balaban J connectivity index is 0.00000204. The van der Waals surface area contributed by atoms with Gasteiger partial charge in [-0.2, -0.15) is 4.98 Å². The molecule has 2 N–H and O–H groups in total. The first-order valence-electron chi connectivity index (χ1n) is 10.4. The molecule has 0 bridgehead atoms. The Morgan fingerprint density at radius 2 is 1.35 bits per heavy atom. The Bertz CT molecular complexity index is 1110. The van der Waals surface area contributed by atoms with E-state index in [9.17, 15) is 0 Å². The lowest BCUT2D eigenvalue weighted by atomic mass is 10.1. The van der Waals surface area contributed by atoms with E-state index >= 15 is 0 Å². The predicted molar refractivity (Wildman–Crippen MR) is 139 cm³/mol. The number of piperazine rings is 1. The van der Waals surface area contributed by atoms with Gasteiger partial charge in [0.1, 0.15) is 5.82 Å². The van der Waals surface area contributed by atoms with Gasteiger partial charge < -0.3 is 29.6 Å². The van der Waals surface area contributed by atoms with Crippen LogP contribution in [0.2, 0.25) is 0 Å². The number of hydrogen-bond donors (Lipinski definition) is 1. The molecule has 0 unspecified atom stereocenters. The summed E-state index contributed by atoms with van der Waals surface area (Å²) in [6.45, 7) is 4.24. The van der Waals surface area contributed by atoms with E-state index in [2.05, 4.69) is 20.9 Å². The number of fused-ring (bicyclic) bond motifs is 1. The highest BCUT2D eigenvalue weighted by atomic mass is 35.5. The fourth-order valence-electron chi connectivity index (χ4n) is 3.95. The molecule has 186 valence electrons. The van der Waals surface area contributed by atoms with E-state index in [1.807, 2.05) is 24.3 Å². The number of nitrogens with zero attached hydrogens (tertiary/aromatic N) is 4. The average molecular weight is 512 g/mol. The van der Waals surface area contributed by atoms with Gasteiger partial charge in [-0.3, -0.25) is 4.90 Å². The van der Waals surface area contributed by atoms with Crippen LogP contribution in [0.3, 0.4) is 0 Å². The monoisotopic (exact) mass is 511 g/mol. The van der Waals surface area contributed by atoms with Crippen LogP contribution in [0.1, 0.15) is 5.56 Å². The fraction of sp³-hybridized carbons (Fsp3) is 0.391. The molecule has 1 fully saturated rings. The maximum Gasteiger partial charge on any atom is 0.227 e. The standard InChI is InChI=1S/C23H29N5O4.2ClH/c1-29-18-6-5-15(11-19(18)30-2)14-27-7-9-28(10-8-27)23-25-17-13-21(32-4)20(31-3)12-16(17)22(24)26-23;;/h5-6,11-13H,7-10,14H2,1-4H3,(H2,24,25,26);2*1H. The van der Waals surface area contributed by atoms with Crippen molar-refractivity contribution in [2.75, 3.05) is 65.3 Å². The highest BCUT2D eigenvalue weighted by molar-refractivity contribution is 5.91. The lowest BCUT2D eigenvalue weighted by Crippen LogP contribution is -2.46. The molecule has 34 heavy (non-hydrogen) atoms. The van der Waals surface area contributed by atoms with E-state index < -0.39 is 0 Å². The molecule has 1 aliphatic heterocycles. The van der Waals surface area contributed by atoms with Crippen molar-refractivity contribution in [1.29, 1.82) is 0 Å². The maximum absolute atomic E-state index is 6.25. The zero-order valence-corrected chi connectivity index (χ0v) is 21.4. The Hall–Kier alpha value is -2.88. The number of aromatic nitrogens is 2. The van der Waals surface area contributed by atoms with E-state index in [1.165, 1.54) is 5.56 Å². The number of hydrogen-bond acceptors (Lipinski definition) is 9. The van der Waals surface area contributed by atoms with E-state index in [0.29, 0.717) is 23.3 Å². The first kappa shape index (κ1) is 27.4. The van der Waals surface area contributed by atoms with Crippen LogP contribution in [0, 0.1) is 0 Å². The quantitative estimate of drug-likeness (QED) is 0.511. The molecule has 0 spiro atoms. The van der Waals surface area contributed by atoms with Crippen molar-refractivity contribution < 1.29 is 18.9 Å². The van der Waals surface area contributed by atoms with E-state index in [-0.39, 0.29) is 24.8 Å². The molecular formula is C23H31Cl2N5O4. The smallest absolute Gasteiger partial charge is 0.227 e. The third kappa shape index (κ3) is 5.60. The van der Waals surface area contributed by atoms with E-state index in [4.69, 9.17) is 29.7 Å². The van der Waals surface area contributed by atoms with Gasteiger partial charge in [0.25, 0.3) is 0 Å². The summed E-state index contributed by atoms with van der Waals surface area (Å²) in [6, 6.07) is 9.69. The van der Waals surface area contributed by atoms with Crippen molar-refractivity contribution in [1.82, 2.24) is 14.9 Å². The highest BCUT2D eigenvalue weighted by Gasteiger charge is 2.21. The van der Waals surface area contributed by atoms with Crippen molar-refractivity contribution in [3.05, 3.63) is 35.9 Å². The van der Waals surface area contributed by atoms with Crippen molar-refractivity contribution in [3.63, 3.8) is 0 Å². The lowest BCUT2D eigenvalue weighted by molar-refractivity contribution is 0.248. The summed E-state index contributed by atoms with van der Waals surface area (Å²) in [6.07, 6.45) is 0. The van der Waals surface area contributed by atoms with Crippen LogP contribution in [0.25, 0.3) is 10.9 Å². The van der Waals surface area contributed by atoms with Crippen molar-refractivity contribution >= 4 is 47.5 Å². The molecule has 0 saturated carbocycles. The summed E-state index contributed by atoms with van der Waals surface area (Å²) in [5.74, 6) is 3.76. The topological polar surface area (TPSA) is 95.2 Å². The van der Waals surface area contributed by atoms with Crippen LogP contribution in [0.5, 0.6) is 23.0 Å². The van der Waals surface area contributed by atoms with Crippen molar-refractivity contribution in [2.45, 2.75) is 6.54 Å². The molecule has 3 aromatic rings. The minimum Gasteiger partial charge on any atom is -0.493 e. The first-order chi connectivity index (χ1) is 15.6. The van der Waals surface area contributed by atoms with Gasteiger partial charge in [0, 0.05) is 44.2 Å². The van der Waals surface area contributed by atoms with Crippen LogP contribution in [-0.4, -0.2) is 69.5 Å². The number of halogens is 2. The van der Waals surface area contributed by atoms with Gasteiger partial charge >= 0.3 is 0 Å². The number of methoxy groups -OCH3 is 4. The summed E-state index contributed by atoms with van der Waals surface area (Å²) in [5.41, 5.74) is 8.17. The van der Waals surface area contributed by atoms with Crippen LogP contribution >= 0.6 is 24.8 Å². The minimum atomic E-state index is 0. The third-order valence-corrected chi connectivity index (χ3v) is 5.73. The average Bonchev–Trinajstić information content (AvgIpc) is 2.83. The summed E-state index contributed by atoms with van der Waals surface area (Å²) in [4.78, 5) is 13.9. The summed E-state index contributed by atoms with van der Waals surface area (Å²) < 4.78 is 21.5. The molecule has 4 rings (SSSR count). The van der Waals surface area contributed by atoms with Crippen LogP contribution in [-0.2, 0) is 6.54 Å². The molecule has 0 atom stereocenters. The molecule has 1 saturated heterocycles. The van der Waals surface area contributed by atoms with E-state index in [0.717, 1.165) is 55.1 Å². The largest absolute Gasteiger partial charge is 0.493 e. The maximum atomic E-state index is 6.25. The predicted octanol–water partition coefficient (Wildman–Crippen LogP) is 3.41. The van der Waals surface area contributed by atoms with Gasteiger partial charge in [-0.05, 0) is 23.8 Å². The Morgan fingerprint density at radius 1 is 0.765 bits per heavy atom. The van der Waals surface area contributed by atoms with Crippen LogP contribution < -0.4 is 29.6 Å². The van der Waals surface area contributed by atoms with Gasteiger partial charge in [0.05, 0.1) is 34.0 Å². The molecule has 0 aliphatic carbocycles. The summed E-state index contributed by atoms with van der Waals surface area (Å²) in [7, 11) is 6.50. The molecule has 1 aliphatic rings. The Kier molecular flexibility index (Phi) is 9.66. The minimum absolute atomic E-state index is 0. The molecule has 11 heteroatoms. The van der Waals surface area contributed by atoms with Gasteiger partial charge in [-0.15, -0.1) is 24.8 Å². The van der Waals surface area contributed by atoms with Gasteiger partial charge in [0.2, 0.25) is 5.95 Å². The SMILES string of the molecule is COc1ccc(CN2CCN(c3nc(N)c4cc(OC)c(OC)cc4n3)CC2)cc1OC.Cl.Cl. The van der Waals surface area contributed by atoms with Crippen LogP contribution in [0.4, 0.5) is 11.8 Å². The molecule has 9 nitrogen and oxygen atoms in total. The number of ether oxygens (including phenoxy) is 4. The van der Waals surface area contributed by atoms with Crippen LogP contribution in [0.15, 0.2) is 30.3 Å². The second-order valence-electron chi connectivity index (χ2n) is 7.59. The Morgan fingerprint density at radius 3 is 1.97 bits per heavy atom. The Labute approximate surface area is 212 Å². The number of benzene rings is 2. The number of anilines is 2. The van der Waals surface area contributed by atoms with Crippen molar-refractivity contribution in [2.24, 2.45) is 0 Å². The zero-order chi connectivity index (χ0) is 22.7. The molecule has 2 heterocycles. The fourth-order valence-corrected chi connectivity index (χ4v) is 3.95. The second kappa shape index (κ2) is 12.0. The first-order valence-corrected chi connectivity index (χ1v) is 10.4. The van der Waals surface area contributed by atoms with Gasteiger partial charge in [-0.25, -0.2) is 4.98 Å². The number of rotatable bonds is 7. The molecule has 1 aromatic heterocycles. The summed E-state index contributed by atoms with van der Waals surface area (Å²) >= 11 is 0.